The molecule has 0 unspecified atom stereocenters. The zero-order valence-electron chi connectivity index (χ0n) is 9.85. The first kappa shape index (κ1) is 11.7. The van der Waals surface area contributed by atoms with Crippen LogP contribution < -0.4 is 10.1 Å². The Balaban J connectivity index is 2.31. The quantitative estimate of drug-likeness (QED) is 0.872. The molecule has 0 amide bonds. The Morgan fingerprint density at radius 2 is 2.19 bits per heavy atom. The topological polar surface area (TPSA) is 21.3 Å². The number of methoxy groups -OCH3 is 1. The molecule has 88 valence electrons. The smallest absolute Gasteiger partial charge is 0.120 e. The molecule has 0 bridgehead atoms. The number of nitrogens with one attached hydrogen (secondary N) is 1. The number of hydrogen-bond donors (Lipinski definition) is 1. The number of ether oxygens (including phenoxy) is 1. The summed E-state index contributed by atoms with van der Waals surface area (Å²) in [6, 6.07) is 6.02. The summed E-state index contributed by atoms with van der Waals surface area (Å²) in [5.41, 5.74) is 1.51. The van der Waals surface area contributed by atoms with Crippen molar-refractivity contribution in [2.45, 2.75) is 24.7 Å². The molecule has 1 aliphatic rings. The minimum Gasteiger partial charge on any atom is -0.497 e. The van der Waals surface area contributed by atoms with Gasteiger partial charge < -0.3 is 10.1 Å². The third-order valence-electron chi connectivity index (χ3n) is 3.57. The minimum atomic E-state index is 0.248. The number of hydrogen-bond acceptors (Lipinski definition) is 2. The highest BCUT2D eigenvalue weighted by atomic mass is 35.5. The van der Waals surface area contributed by atoms with Gasteiger partial charge in [-0.2, -0.15) is 0 Å². The van der Waals surface area contributed by atoms with E-state index in [-0.39, 0.29) is 5.41 Å². The molecule has 0 spiro atoms. The number of halogens is 1. The van der Waals surface area contributed by atoms with Gasteiger partial charge in [0.15, 0.2) is 0 Å². The maximum Gasteiger partial charge on any atom is 0.120 e. The summed E-state index contributed by atoms with van der Waals surface area (Å²) in [4.78, 5) is 0. The Morgan fingerprint density at radius 3 is 2.62 bits per heavy atom. The van der Waals surface area contributed by atoms with Crippen LogP contribution in [0.1, 0.15) is 24.8 Å². The second-order valence-corrected chi connectivity index (χ2v) is 4.92. The zero-order valence-corrected chi connectivity index (χ0v) is 10.6. The van der Waals surface area contributed by atoms with E-state index in [0.717, 1.165) is 17.3 Å². The average molecular weight is 240 g/mol. The van der Waals surface area contributed by atoms with Gasteiger partial charge in [-0.15, -0.1) is 0 Å². The van der Waals surface area contributed by atoms with Crippen LogP contribution in [0, 0.1) is 0 Å². The first-order valence-corrected chi connectivity index (χ1v) is 6.08. The Bertz CT molecular complexity index is 374. The second-order valence-electron chi connectivity index (χ2n) is 4.51. The first-order valence-electron chi connectivity index (χ1n) is 5.70. The molecule has 0 heterocycles. The Labute approximate surface area is 102 Å². The van der Waals surface area contributed by atoms with E-state index in [2.05, 4.69) is 11.4 Å². The van der Waals surface area contributed by atoms with Crippen LogP contribution in [0.4, 0.5) is 0 Å². The number of likely N-dealkylation sites (N-methyl/N-ethyl adjacent to an activating group) is 1. The number of rotatable bonds is 4. The lowest BCUT2D eigenvalue weighted by Gasteiger charge is -2.43. The van der Waals surface area contributed by atoms with Crippen LogP contribution >= 0.6 is 11.6 Å². The van der Waals surface area contributed by atoms with E-state index in [1.807, 2.05) is 19.2 Å². The molecular formula is C13H18ClNO. The molecule has 0 aliphatic heterocycles. The number of benzene rings is 1. The molecule has 0 aromatic heterocycles. The van der Waals surface area contributed by atoms with Crippen LogP contribution in [0.2, 0.25) is 5.02 Å². The van der Waals surface area contributed by atoms with Gasteiger partial charge >= 0.3 is 0 Å². The van der Waals surface area contributed by atoms with Crippen molar-refractivity contribution >= 4 is 11.6 Å². The fourth-order valence-electron chi connectivity index (χ4n) is 2.54. The fourth-order valence-corrected chi connectivity index (χ4v) is 2.91. The first-order chi connectivity index (χ1) is 7.72. The van der Waals surface area contributed by atoms with Gasteiger partial charge in [-0.3, -0.25) is 0 Å². The van der Waals surface area contributed by atoms with Gasteiger partial charge in [0.25, 0.3) is 0 Å². The molecule has 1 saturated carbocycles. The lowest BCUT2D eigenvalue weighted by molar-refractivity contribution is 0.239. The van der Waals surface area contributed by atoms with E-state index in [0.29, 0.717) is 0 Å². The minimum absolute atomic E-state index is 0.248. The van der Waals surface area contributed by atoms with E-state index in [9.17, 15) is 0 Å². The molecule has 1 aliphatic carbocycles. The molecule has 1 aromatic carbocycles. The summed E-state index contributed by atoms with van der Waals surface area (Å²) in [6.45, 7) is 0.999. The largest absolute Gasteiger partial charge is 0.497 e. The van der Waals surface area contributed by atoms with Crippen molar-refractivity contribution in [1.82, 2.24) is 5.32 Å². The van der Waals surface area contributed by atoms with E-state index in [4.69, 9.17) is 16.3 Å². The predicted octanol–water partition coefficient (Wildman–Crippen LogP) is 2.99. The zero-order chi connectivity index (χ0) is 11.6. The molecule has 0 radical (unpaired) electrons. The van der Waals surface area contributed by atoms with Gasteiger partial charge in [-0.25, -0.2) is 0 Å². The van der Waals surface area contributed by atoms with E-state index < -0.39 is 0 Å². The Kier molecular flexibility index (Phi) is 3.41. The van der Waals surface area contributed by atoms with Gasteiger partial charge in [-0.1, -0.05) is 24.1 Å². The summed E-state index contributed by atoms with van der Waals surface area (Å²) in [5, 5.41) is 4.10. The Hall–Kier alpha value is -0.730. The summed E-state index contributed by atoms with van der Waals surface area (Å²) < 4.78 is 5.17. The van der Waals surface area contributed by atoms with Gasteiger partial charge in [0, 0.05) is 17.0 Å². The molecule has 1 aromatic rings. The highest BCUT2D eigenvalue weighted by Crippen LogP contribution is 2.46. The van der Waals surface area contributed by atoms with Crippen LogP contribution in [-0.2, 0) is 5.41 Å². The van der Waals surface area contributed by atoms with Crippen LogP contribution in [0.25, 0.3) is 0 Å². The van der Waals surface area contributed by atoms with Gasteiger partial charge in [0.05, 0.1) is 7.11 Å². The third-order valence-corrected chi connectivity index (χ3v) is 3.89. The lowest BCUT2D eigenvalue weighted by Crippen LogP contribution is -2.42. The van der Waals surface area contributed by atoms with Crippen molar-refractivity contribution in [3.8, 4) is 5.75 Å². The van der Waals surface area contributed by atoms with Crippen molar-refractivity contribution in [1.29, 1.82) is 0 Å². The molecule has 2 rings (SSSR count). The van der Waals surface area contributed by atoms with Crippen LogP contribution in [0.15, 0.2) is 18.2 Å². The molecular weight excluding hydrogens is 222 g/mol. The lowest BCUT2D eigenvalue weighted by atomic mass is 9.64. The molecule has 3 heteroatoms. The summed E-state index contributed by atoms with van der Waals surface area (Å²) in [7, 11) is 3.66. The van der Waals surface area contributed by atoms with E-state index >= 15 is 0 Å². The summed E-state index contributed by atoms with van der Waals surface area (Å²) in [5.74, 6) is 0.827. The van der Waals surface area contributed by atoms with Crippen molar-refractivity contribution in [3.63, 3.8) is 0 Å². The molecule has 16 heavy (non-hydrogen) atoms. The van der Waals surface area contributed by atoms with Crippen LogP contribution in [0.3, 0.4) is 0 Å². The summed E-state index contributed by atoms with van der Waals surface area (Å²) in [6.07, 6.45) is 3.74. The highest BCUT2D eigenvalue weighted by molar-refractivity contribution is 6.31. The molecule has 2 nitrogen and oxygen atoms in total. The van der Waals surface area contributed by atoms with Crippen molar-refractivity contribution in [2.24, 2.45) is 0 Å². The fraction of sp³-hybridized carbons (Fsp3) is 0.538. The predicted molar refractivity (Wildman–Crippen MR) is 67.5 cm³/mol. The average Bonchev–Trinajstić information content (AvgIpc) is 2.24. The second kappa shape index (κ2) is 4.64. The SMILES string of the molecule is CNCC1(c2ccc(OC)cc2Cl)CCC1. The maximum absolute atomic E-state index is 6.33. The van der Waals surface area contributed by atoms with Crippen LogP contribution in [-0.4, -0.2) is 20.7 Å². The van der Waals surface area contributed by atoms with E-state index in [1.165, 1.54) is 24.8 Å². The molecule has 1 fully saturated rings. The highest BCUT2D eigenvalue weighted by Gasteiger charge is 2.39. The third kappa shape index (κ3) is 1.92. The molecule has 1 N–H and O–H groups in total. The molecule has 0 atom stereocenters. The van der Waals surface area contributed by atoms with Crippen molar-refractivity contribution < 1.29 is 4.74 Å². The van der Waals surface area contributed by atoms with E-state index in [1.54, 1.807) is 7.11 Å². The normalized spacial score (nSPS) is 17.9. The Morgan fingerprint density at radius 1 is 1.44 bits per heavy atom. The van der Waals surface area contributed by atoms with Gasteiger partial charge in [0.1, 0.15) is 5.75 Å². The standard InChI is InChI=1S/C13H18ClNO/c1-15-9-13(6-3-7-13)11-5-4-10(16-2)8-12(11)14/h4-5,8,15H,3,6-7,9H2,1-2H3. The van der Waals surface area contributed by atoms with Gasteiger partial charge in [-0.05, 0) is 37.6 Å². The van der Waals surface area contributed by atoms with Gasteiger partial charge in [0.2, 0.25) is 0 Å². The monoisotopic (exact) mass is 239 g/mol. The van der Waals surface area contributed by atoms with Crippen LogP contribution in [0.5, 0.6) is 5.75 Å². The maximum atomic E-state index is 6.33. The molecule has 0 saturated heterocycles. The van der Waals surface area contributed by atoms with Crippen molar-refractivity contribution in [3.05, 3.63) is 28.8 Å². The summed E-state index contributed by atoms with van der Waals surface area (Å²) >= 11 is 6.33. The van der Waals surface area contributed by atoms with Crippen molar-refractivity contribution in [2.75, 3.05) is 20.7 Å².